The van der Waals surface area contributed by atoms with Crippen LogP contribution in [0, 0.1) is 6.92 Å². The van der Waals surface area contributed by atoms with Crippen molar-refractivity contribution >= 4 is 0 Å². The van der Waals surface area contributed by atoms with E-state index in [4.69, 9.17) is 5.73 Å². The summed E-state index contributed by atoms with van der Waals surface area (Å²) in [7, 11) is 0. The van der Waals surface area contributed by atoms with Gasteiger partial charge in [0.25, 0.3) is 0 Å². The summed E-state index contributed by atoms with van der Waals surface area (Å²) in [5.41, 5.74) is 9.01. The molecule has 2 nitrogen and oxygen atoms in total. The van der Waals surface area contributed by atoms with E-state index in [1.807, 2.05) is 61.5 Å². The lowest BCUT2D eigenvalue weighted by molar-refractivity contribution is 0.147. The Morgan fingerprint density at radius 3 is 2.24 bits per heavy atom. The Balaban J connectivity index is 2.23. The van der Waals surface area contributed by atoms with Gasteiger partial charge in [0, 0.05) is 0 Å². The summed E-state index contributed by atoms with van der Waals surface area (Å²) in [6.45, 7) is 2.00. The highest BCUT2D eigenvalue weighted by Crippen LogP contribution is 2.26. The third kappa shape index (κ3) is 2.73. The molecule has 88 valence electrons. The van der Waals surface area contributed by atoms with Gasteiger partial charge in [-0.25, -0.2) is 0 Å². The molecule has 0 radical (unpaired) electrons. The summed E-state index contributed by atoms with van der Waals surface area (Å²) in [4.78, 5) is 0. The highest BCUT2D eigenvalue weighted by atomic mass is 16.3. The molecule has 0 saturated heterocycles. The van der Waals surface area contributed by atoms with Crippen LogP contribution in [0.5, 0.6) is 0 Å². The van der Waals surface area contributed by atoms with Gasteiger partial charge in [-0.1, -0.05) is 60.2 Å². The van der Waals surface area contributed by atoms with E-state index in [2.05, 4.69) is 0 Å². The van der Waals surface area contributed by atoms with E-state index in [9.17, 15) is 5.11 Å². The summed E-state index contributed by atoms with van der Waals surface area (Å²) in [6.07, 6.45) is -0.669. The summed E-state index contributed by atoms with van der Waals surface area (Å²) >= 11 is 0. The number of hydrogen-bond acceptors (Lipinski definition) is 2. The van der Waals surface area contributed by atoms with Gasteiger partial charge in [-0.05, 0) is 18.1 Å². The smallest absolute Gasteiger partial charge is 0.0982 e. The Morgan fingerprint density at radius 2 is 1.59 bits per heavy atom. The van der Waals surface area contributed by atoms with Crippen LogP contribution in [-0.4, -0.2) is 5.11 Å². The van der Waals surface area contributed by atoms with Crippen molar-refractivity contribution in [1.82, 2.24) is 0 Å². The maximum Gasteiger partial charge on any atom is 0.0982 e. The molecule has 2 rings (SSSR count). The van der Waals surface area contributed by atoms with Crippen LogP contribution in [0.4, 0.5) is 0 Å². The molecule has 0 bridgehead atoms. The van der Waals surface area contributed by atoms with Gasteiger partial charge < -0.3 is 10.8 Å². The molecule has 0 aliphatic rings. The minimum atomic E-state index is -0.669. The second-order valence-electron chi connectivity index (χ2n) is 4.30. The SMILES string of the molecule is Cc1cccc([C@@H](O)[C@H](N)c2ccccc2)c1. The summed E-state index contributed by atoms with van der Waals surface area (Å²) in [5.74, 6) is 0. The average molecular weight is 227 g/mol. The van der Waals surface area contributed by atoms with Crippen LogP contribution in [0.2, 0.25) is 0 Å². The minimum Gasteiger partial charge on any atom is -0.386 e. The van der Waals surface area contributed by atoms with Crippen LogP contribution in [0.3, 0.4) is 0 Å². The van der Waals surface area contributed by atoms with Gasteiger partial charge in [0.15, 0.2) is 0 Å². The van der Waals surface area contributed by atoms with E-state index in [1.54, 1.807) is 0 Å². The predicted octanol–water partition coefficient (Wildman–Crippen LogP) is 2.73. The number of nitrogens with two attached hydrogens (primary N) is 1. The Bertz CT molecular complexity index is 481. The number of benzene rings is 2. The third-order valence-corrected chi connectivity index (χ3v) is 2.91. The first-order chi connectivity index (χ1) is 8.18. The van der Waals surface area contributed by atoms with E-state index in [1.165, 1.54) is 0 Å². The minimum absolute atomic E-state index is 0.391. The van der Waals surface area contributed by atoms with Gasteiger partial charge in [-0.2, -0.15) is 0 Å². The number of aryl methyl sites for hydroxylation is 1. The van der Waals surface area contributed by atoms with E-state index >= 15 is 0 Å². The van der Waals surface area contributed by atoms with Gasteiger partial charge in [-0.3, -0.25) is 0 Å². The monoisotopic (exact) mass is 227 g/mol. The van der Waals surface area contributed by atoms with Crippen molar-refractivity contribution in [3.63, 3.8) is 0 Å². The Hall–Kier alpha value is -1.64. The van der Waals surface area contributed by atoms with E-state index in [0.717, 1.165) is 16.7 Å². The van der Waals surface area contributed by atoms with Crippen LogP contribution < -0.4 is 5.73 Å². The maximum atomic E-state index is 10.2. The van der Waals surface area contributed by atoms with Crippen molar-refractivity contribution in [1.29, 1.82) is 0 Å². The topological polar surface area (TPSA) is 46.2 Å². The van der Waals surface area contributed by atoms with Gasteiger partial charge in [-0.15, -0.1) is 0 Å². The third-order valence-electron chi connectivity index (χ3n) is 2.91. The second-order valence-corrected chi connectivity index (χ2v) is 4.30. The zero-order valence-corrected chi connectivity index (χ0v) is 9.88. The fourth-order valence-electron chi connectivity index (χ4n) is 1.92. The van der Waals surface area contributed by atoms with Gasteiger partial charge in [0.2, 0.25) is 0 Å². The lowest BCUT2D eigenvalue weighted by atomic mass is 9.96. The highest BCUT2D eigenvalue weighted by molar-refractivity contribution is 5.28. The molecule has 0 fully saturated rings. The van der Waals surface area contributed by atoms with Crippen molar-refractivity contribution in [2.75, 3.05) is 0 Å². The number of hydrogen-bond donors (Lipinski definition) is 2. The first-order valence-electron chi connectivity index (χ1n) is 5.73. The van der Waals surface area contributed by atoms with Crippen LogP contribution >= 0.6 is 0 Å². The zero-order chi connectivity index (χ0) is 12.3. The molecule has 0 spiro atoms. The van der Waals surface area contributed by atoms with Crippen LogP contribution in [0.1, 0.15) is 28.8 Å². The molecule has 0 saturated carbocycles. The van der Waals surface area contributed by atoms with Crippen molar-refractivity contribution in [2.24, 2.45) is 5.73 Å². The number of aliphatic hydroxyl groups excluding tert-OH is 1. The van der Waals surface area contributed by atoms with Crippen molar-refractivity contribution in [3.8, 4) is 0 Å². The van der Waals surface area contributed by atoms with Crippen molar-refractivity contribution in [2.45, 2.75) is 19.1 Å². The molecule has 0 amide bonds. The van der Waals surface area contributed by atoms with Gasteiger partial charge >= 0.3 is 0 Å². The molecule has 2 heteroatoms. The molecule has 3 N–H and O–H groups in total. The molecule has 0 unspecified atom stereocenters. The lowest BCUT2D eigenvalue weighted by Gasteiger charge is -2.19. The molecule has 0 aliphatic carbocycles. The Labute approximate surface area is 102 Å². The normalized spacial score (nSPS) is 14.3. The summed E-state index contributed by atoms with van der Waals surface area (Å²) in [6, 6.07) is 17.1. The van der Waals surface area contributed by atoms with Gasteiger partial charge in [0.1, 0.15) is 0 Å². The summed E-state index contributed by atoms with van der Waals surface area (Å²) < 4.78 is 0. The largest absolute Gasteiger partial charge is 0.386 e. The average Bonchev–Trinajstić information content (AvgIpc) is 2.38. The highest BCUT2D eigenvalue weighted by Gasteiger charge is 2.18. The molecule has 2 atom stereocenters. The molecule has 17 heavy (non-hydrogen) atoms. The molecule has 2 aromatic rings. The Morgan fingerprint density at radius 1 is 0.941 bits per heavy atom. The lowest BCUT2D eigenvalue weighted by Crippen LogP contribution is -2.19. The molecule has 0 aromatic heterocycles. The fraction of sp³-hybridized carbons (Fsp3) is 0.200. The molecular weight excluding hydrogens is 210 g/mol. The summed E-state index contributed by atoms with van der Waals surface area (Å²) in [5, 5.41) is 10.2. The van der Waals surface area contributed by atoms with Crippen LogP contribution in [0.15, 0.2) is 54.6 Å². The zero-order valence-electron chi connectivity index (χ0n) is 9.88. The first kappa shape index (κ1) is 11.8. The molecule has 0 heterocycles. The first-order valence-corrected chi connectivity index (χ1v) is 5.73. The van der Waals surface area contributed by atoms with Crippen LogP contribution in [-0.2, 0) is 0 Å². The number of aliphatic hydroxyl groups is 1. The van der Waals surface area contributed by atoms with Crippen LogP contribution in [0.25, 0.3) is 0 Å². The van der Waals surface area contributed by atoms with Crippen molar-refractivity contribution < 1.29 is 5.11 Å². The quantitative estimate of drug-likeness (QED) is 0.847. The molecular formula is C15H17NO. The molecule has 2 aromatic carbocycles. The standard InChI is InChI=1S/C15H17NO/c1-11-6-5-9-13(10-11)15(17)14(16)12-7-3-2-4-8-12/h2-10,14-15,17H,16H2,1H3/t14-,15-/m1/s1. The van der Waals surface area contributed by atoms with Gasteiger partial charge in [0.05, 0.1) is 12.1 Å². The Kier molecular flexibility index (Phi) is 3.57. The molecule has 0 aliphatic heterocycles. The second kappa shape index (κ2) is 5.13. The maximum absolute atomic E-state index is 10.2. The fourth-order valence-corrected chi connectivity index (χ4v) is 1.92. The van der Waals surface area contributed by atoms with E-state index in [0.29, 0.717) is 0 Å². The van der Waals surface area contributed by atoms with E-state index in [-0.39, 0.29) is 0 Å². The number of rotatable bonds is 3. The van der Waals surface area contributed by atoms with Crippen molar-refractivity contribution in [3.05, 3.63) is 71.3 Å². The predicted molar refractivity (Wildman–Crippen MR) is 69.5 cm³/mol. The van der Waals surface area contributed by atoms with E-state index < -0.39 is 12.1 Å².